The summed E-state index contributed by atoms with van der Waals surface area (Å²) in [5.41, 5.74) is 5.67. The Morgan fingerprint density at radius 1 is 1.03 bits per heavy atom. The van der Waals surface area contributed by atoms with Gasteiger partial charge in [-0.3, -0.25) is 10.0 Å². The lowest BCUT2D eigenvalue weighted by Crippen LogP contribution is -2.58. The Labute approximate surface area is 186 Å². The number of benzene rings is 2. The molecule has 1 fully saturated rings. The van der Waals surface area contributed by atoms with Crippen LogP contribution in [0.2, 0.25) is 0 Å². The molecule has 0 bridgehead atoms. The normalized spacial score (nSPS) is 15.4. The van der Waals surface area contributed by atoms with Crippen LogP contribution < -0.4 is 15.7 Å². The minimum absolute atomic E-state index is 0.400. The highest BCUT2D eigenvalue weighted by Gasteiger charge is 2.29. The van der Waals surface area contributed by atoms with E-state index in [1.165, 1.54) is 12.4 Å². The van der Waals surface area contributed by atoms with E-state index in [1.807, 2.05) is 36.4 Å². The second-order valence-electron chi connectivity index (χ2n) is 7.70. The first-order chi connectivity index (χ1) is 15.4. The fourth-order valence-electron chi connectivity index (χ4n) is 3.64. The van der Waals surface area contributed by atoms with Crippen molar-refractivity contribution in [1.82, 2.24) is 15.7 Å². The monoisotopic (exact) mass is 437 g/mol. The Morgan fingerprint density at radius 3 is 2.09 bits per heavy atom. The number of aliphatic hydroxyl groups is 1. The van der Waals surface area contributed by atoms with Crippen molar-refractivity contribution in [3.8, 4) is 17.2 Å². The van der Waals surface area contributed by atoms with Gasteiger partial charge in [0.25, 0.3) is 5.91 Å². The molecule has 3 amide bonds. The van der Waals surface area contributed by atoms with E-state index >= 15 is 0 Å². The number of nitriles is 1. The molecule has 2 aromatic carbocycles. The van der Waals surface area contributed by atoms with Gasteiger partial charge >= 0.3 is 6.03 Å². The highest BCUT2D eigenvalue weighted by molar-refractivity contribution is 5.87. The molecular weight excluding hydrogens is 410 g/mol. The number of urea groups is 1. The third-order valence-corrected chi connectivity index (χ3v) is 5.52. The van der Waals surface area contributed by atoms with Gasteiger partial charge in [0.1, 0.15) is 6.04 Å². The molecule has 4 N–H and O–H groups in total. The zero-order valence-electron chi connectivity index (χ0n) is 17.9. The predicted molar refractivity (Wildman–Crippen MR) is 119 cm³/mol. The number of anilines is 1. The number of carbonyl (C=O) groups is 2. The molecule has 1 saturated heterocycles. The van der Waals surface area contributed by atoms with Gasteiger partial charge in [-0.25, -0.2) is 10.3 Å². The van der Waals surface area contributed by atoms with E-state index in [4.69, 9.17) is 10.5 Å². The van der Waals surface area contributed by atoms with Crippen LogP contribution in [0.5, 0.6) is 0 Å². The predicted octanol–water partition coefficient (Wildman–Crippen LogP) is 1.51. The Morgan fingerprint density at radius 2 is 1.59 bits per heavy atom. The van der Waals surface area contributed by atoms with E-state index in [0.717, 1.165) is 22.4 Å². The van der Waals surface area contributed by atoms with Crippen molar-refractivity contribution in [1.29, 1.82) is 5.26 Å². The number of hydrogen-bond donors (Lipinski definition) is 4. The van der Waals surface area contributed by atoms with Gasteiger partial charge in [0, 0.05) is 31.9 Å². The summed E-state index contributed by atoms with van der Waals surface area (Å²) in [6.07, 6.45) is -0.745. The molecule has 1 aliphatic heterocycles. The van der Waals surface area contributed by atoms with E-state index in [1.54, 1.807) is 4.90 Å². The summed E-state index contributed by atoms with van der Waals surface area (Å²) in [5, 5.41) is 29.7. The number of nitrogens with one attached hydrogen (secondary N) is 2. The lowest BCUT2D eigenvalue weighted by Gasteiger charge is -2.36. The van der Waals surface area contributed by atoms with Crippen LogP contribution >= 0.6 is 0 Å². The summed E-state index contributed by atoms with van der Waals surface area (Å²) in [6, 6.07) is 16.6. The van der Waals surface area contributed by atoms with E-state index in [2.05, 4.69) is 28.4 Å². The molecule has 168 valence electrons. The summed E-state index contributed by atoms with van der Waals surface area (Å²) in [6.45, 7) is 3.53. The molecule has 9 heteroatoms. The van der Waals surface area contributed by atoms with Gasteiger partial charge in [-0.05, 0) is 35.7 Å². The average Bonchev–Trinajstić information content (AvgIpc) is 2.82. The van der Waals surface area contributed by atoms with Crippen molar-refractivity contribution in [3.63, 3.8) is 0 Å². The van der Waals surface area contributed by atoms with E-state index in [9.17, 15) is 14.7 Å². The minimum Gasteiger partial charge on any atom is -0.391 e. The molecule has 0 unspecified atom stereocenters. The number of aliphatic hydroxyl groups excluding tert-OH is 1. The van der Waals surface area contributed by atoms with E-state index < -0.39 is 24.1 Å². The maximum atomic E-state index is 12.4. The summed E-state index contributed by atoms with van der Waals surface area (Å²) < 4.78 is 0. The molecule has 1 heterocycles. The van der Waals surface area contributed by atoms with Crippen LogP contribution in [0.15, 0.2) is 48.5 Å². The van der Waals surface area contributed by atoms with Crippen molar-refractivity contribution in [2.24, 2.45) is 0 Å². The summed E-state index contributed by atoms with van der Waals surface area (Å²) in [7, 11) is 0. The van der Waals surface area contributed by atoms with Crippen molar-refractivity contribution in [3.05, 3.63) is 54.1 Å². The fourth-order valence-corrected chi connectivity index (χ4v) is 3.64. The van der Waals surface area contributed by atoms with Crippen LogP contribution in [-0.2, 0) is 11.2 Å². The molecule has 32 heavy (non-hydrogen) atoms. The maximum absolute atomic E-state index is 12.4. The molecule has 3 rings (SSSR count). The maximum Gasteiger partial charge on any atom is 0.318 e. The van der Waals surface area contributed by atoms with Gasteiger partial charge in [0.05, 0.1) is 18.6 Å². The smallest absolute Gasteiger partial charge is 0.318 e. The van der Waals surface area contributed by atoms with Crippen LogP contribution in [0.1, 0.15) is 12.5 Å². The summed E-state index contributed by atoms with van der Waals surface area (Å²) in [5.74, 6) is -0.869. The number of amides is 3. The second kappa shape index (κ2) is 10.6. The van der Waals surface area contributed by atoms with Crippen molar-refractivity contribution < 1.29 is 19.9 Å². The standard InChI is InChI=1S/C23H27N5O4/c1-16(29)21(22(30)26-32)25-23(31)28-14-12-27(13-15-28)20-8-6-19(7-9-20)18-4-2-17(3-5-18)10-11-24/h2-9,16,21,29,32H,10,12-15H2,1H3,(H,25,31)(H,26,30)/t16-,21+/m0/s1. The number of piperazine rings is 1. The molecule has 0 radical (unpaired) electrons. The minimum atomic E-state index is -1.23. The molecule has 9 nitrogen and oxygen atoms in total. The van der Waals surface area contributed by atoms with Crippen LogP contribution in [0, 0.1) is 11.3 Å². The number of hydroxylamine groups is 1. The van der Waals surface area contributed by atoms with E-state index in [0.29, 0.717) is 32.6 Å². The molecule has 1 aliphatic rings. The summed E-state index contributed by atoms with van der Waals surface area (Å²) in [4.78, 5) is 27.8. The molecule has 2 atom stereocenters. The van der Waals surface area contributed by atoms with Crippen molar-refractivity contribution in [2.45, 2.75) is 25.5 Å². The van der Waals surface area contributed by atoms with Crippen molar-refractivity contribution >= 4 is 17.6 Å². The highest BCUT2D eigenvalue weighted by atomic mass is 16.5. The third-order valence-electron chi connectivity index (χ3n) is 5.52. The van der Waals surface area contributed by atoms with Crippen LogP contribution in [0.25, 0.3) is 11.1 Å². The van der Waals surface area contributed by atoms with Crippen molar-refractivity contribution in [2.75, 3.05) is 31.1 Å². The quantitative estimate of drug-likeness (QED) is 0.401. The van der Waals surface area contributed by atoms with E-state index in [-0.39, 0.29) is 0 Å². The first kappa shape index (κ1) is 23.1. The first-order valence-corrected chi connectivity index (χ1v) is 10.4. The van der Waals surface area contributed by atoms with Gasteiger partial charge < -0.3 is 20.2 Å². The zero-order chi connectivity index (χ0) is 23.1. The van der Waals surface area contributed by atoms with Crippen LogP contribution in [-0.4, -0.2) is 65.5 Å². The molecule has 2 aromatic rings. The largest absolute Gasteiger partial charge is 0.391 e. The zero-order valence-corrected chi connectivity index (χ0v) is 17.9. The number of rotatable bonds is 6. The SMILES string of the molecule is C[C@H](O)[C@@H](NC(=O)N1CCN(c2ccc(-c3ccc(CC#N)cc3)cc2)CC1)C(=O)NO. The lowest BCUT2D eigenvalue weighted by atomic mass is 10.0. The fraction of sp³-hybridized carbons (Fsp3) is 0.348. The second-order valence-corrected chi connectivity index (χ2v) is 7.70. The Balaban J connectivity index is 1.56. The molecular formula is C23H27N5O4. The number of nitrogens with zero attached hydrogens (tertiary/aromatic N) is 3. The number of hydrogen-bond acceptors (Lipinski definition) is 6. The van der Waals surface area contributed by atoms with Gasteiger partial charge in [-0.2, -0.15) is 5.26 Å². The van der Waals surface area contributed by atoms with Gasteiger partial charge in [-0.1, -0.05) is 36.4 Å². The summed E-state index contributed by atoms with van der Waals surface area (Å²) >= 11 is 0. The molecule has 0 spiro atoms. The molecule has 0 saturated carbocycles. The molecule has 0 aliphatic carbocycles. The van der Waals surface area contributed by atoms with Crippen LogP contribution in [0.3, 0.4) is 0 Å². The lowest BCUT2D eigenvalue weighted by molar-refractivity contribution is -0.133. The van der Waals surface area contributed by atoms with Crippen LogP contribution in [0.4, 0.5) is 10.5 Å². The number of carbonyl (C=O) groups excluding carboxylic acids is 2. The third kappa shape index (κ3) is 5.55. The Bertz CT molecular complexity index is 961. The average molecular weight is 438 g/mol. The first-order valence-electron chi connectivity index (χ1n) is 10.4. The Hall–Kier alpha value is -3.61. The Kier molecular flexibility index (Phi) is 7.65. The van der Waals surface area contributed by atoms with Gasteiger partial charge in [0.15, 0.2) is 0 Å². The molecule has 0 aromatic heterocycles. The van der Waals surface area contributed by atoms with Gasteiger partial charge in [-0.15, -0.1) is 0 Å². The van der Waals surface area contributed by atoms with Gasteiger partial charge in [0.2, 0.25) is 0 Å². The topological polar surface area (TPSA) is 129 Å². The highest BCUT2D eigenvalue weighted by Crippen LogP contribution is 2.24.